The van der Waals surface area contributed by atoms with Crippen molar-refractivity contribution in [1.29, 1.82) is 0 Å². The van der Waals surface area contributed by atoms with Gasteiger partial charge in [0.15, 0.2) is 0 Å². The van der Waals surface area contributed by atoms with Crippen LogP contribution in [-0.4, -0.2) is 57.3 Å². The molecular weight excluding hydrogens is 399 g/mol. The average Bonchev–Trinajstić information content (AvgIpc) is 2.72. The zero-order valence-electron chi connectivity index (χ0n) is 16.1. The molecule has 3 rings (SSSR count). The number of methoxy groups -OCH3 is 1. The summed E-state index contributed by atoms with van der Waals surface area (Å²) in [7, 11) is 1.71. The molecule has 0 atom stereocenters. The lowest BCUT2D eigenvalue weighted by atomic mass is 10.2. The molecule has 1 saturated heterocycles. The first-order chi connectivity index (χ1) is 12.8. The average molecular weight is 427 g/mol. The lowest BCUT2D eigenvalue weighted by Crippen LogP contribution is -2.46. The van der Waals surface area contributed by atoms with Gasteiger partial charge in [0, 0.05) is 32.7 Å². The second kappa shape index (κ2) is 12.5. The molecular formula is C21H28Cl2N2O3. The second-order valence-electron chi connectivity index (χ2n) is 6.36. The maximum atomic E-state index is 11.9. The molecule has 1 aliphatic rings. The van der Waals surface area contributed by atoms with Crippen LogP contribution in [0.1, 0.15) is 16.8 Å². The largest absolute Gasteiger partial charge is 0.495 e. The molecule has 7 heteroatoms. The van der Waals surface area contributed by atoms with Gasteiger partial charge in [-0.25, -0.2) is 4.79 Å². The first kappa shape index (κ1) is 24.1. The second-order valence-corrected chi connectivity index (χ2v) is 6.36. The fraction of sp³-hybridized carbons (Fsp3) is 0.381. The number of carbonyl (C=O) groups excluding carboxylic acids is 1. The summed E-state index contributed by atoms with van der Waals surface area (Å²) in [5.41, 5.74) is 1.77. The van der Waals surface area contributed by atoms with E-state index in [0.717, 1.165) is 50.6 Å². The Morgan fingerprint density at radius 2 is 1.57 bits per heavy atom. The highest BCUT2D eigenvalue weighted by atomic mass is 35.5. The van der Waals surface area contributed by atoms with Crippen molar-refractivity contribution in [3.8, 4) is 5.75 Å². The molecule has 0 N–H and O–H groups in total. The van der Waals surface area contributed by atoms with E-state index in [9.17, 15) is 4.79 Å². The Balaban J connectivity index is 0.00000196. The van der Waals surface area contributed by atoms with E-state index in [1.807, 2.05) is 36.4 Å². The van der Waals surface area contributed by atoms with Gasteiger partial charge in [0.2, 0.25) is 0 Å². The van der Waals surface area contributed by atoms with Crippen molar-refractivity contribution < 1.29 is 14.3 Å². The molecule has 2 aromatic rings. The molecule has 2 aromatic carbocycles. The fourth-order valence-electron chi connectivity index (χ4n) is 3.21. The van der Waals surface area contributed by atoms with E-state index in [0.29, 0.717) is 12.2 Å². The first-order valence-electron chi connectivity index (χ1n) is 9.10. The fourth-order valence-corrected chi connectivity index (χ4v) is 3.21. The van der Waals surface area contributed by atoms with Gasteiger partial charge in [-0.1, -0.05) is 30.3 Å². The van der Waals surface area contributed by atoms with Gasteiger partial charge in [-0.2, -0.15) is 0 Å². The smallest absolute Gasteiger partial charge is 0.338 e. The molecule has 1 fully saturated rings. The van der Waals surface area contributed by atoms with Crippen molar-refractivity contribution in [1.82, 2.24) is 4.90 Å². The third-order valence-electron chi connectivity index (χ3n) is 4.66. The Hall–Kier alpha value is -1.95. The van der Waals surface area contributed by atoms with Crippen molar-refractivity contribution in [3.63, 3.8) is 0 Å². The van der Waals surface area contributed by atoms with Crippen LogP contribution in [0.3, 0.4) is 0 Å². The lowest BCUT2D eigenvalue weighted by Gasteiger charge is -2.36. The Morgan fingerprint density at radius 3 is 2.25 bits per heavy atom. The van der Waals surface area contributed by atoms with E-state index in [-0.39, 0.29) is 30.8 Å². The van der Waals surface area contributed by atoms with Crippen LogP contribution in [0.15, 0.2) is 54.6 Å². The van der Waals surface area contributed by atoms with Gasteiger partial charge in [-0.3, -0.25) is 4.90 Å². The van der Waals surface area contributed by atoms with Crippen LogP contribution in [0.2, 0.25) is 0 Å². The zero-order valence-corrected chi connectivity index (χ0v) is 17.7. The highest BCUT2D eigenvalue weighted by Gasteiger charge is 2.19. The van der Waals surface area contributed by atoms with Crippen molar-refractivity contribution in [2.75, 3.05) is 51.3 Å². The van der Waals surface area contributed by atoms with Gasteiger partial charge in [-0.15, -0.1) is 24.8 Å². The Morgan fingerprint density at radius 1 is 0.929 bits per heavy atom. The number of halogens is 2. The van der Waals surface area contributed by atoms with Gasteiger partial charge in [0.05, 0.1) is 25.0 Å². The minimum absolute atomic E-state index is 0. The maximum Gasteiger partial charge on any atom is 0.338 e. The number of rotatable bonds is 7. The van der Waals surface area contributed by atoms with Gasteiger partial charge >= 0.3 is 5.97 Å². The van der Waals surface area contributed by atoms with E-state index >= 15 is 0 Å². The molecule has 0 unspecified atom stereocenters. The van der Waals surface area contributed by atoms with Crippen LogP contribution in [0, 0.1) is 0 Å². The lowest BCUT2D eigenvalue weighted by molar-refractivity contribution is 0.0487. The highest BCUT2D eigenvalue weighted by molar-refractivity contribution is 5.89. The van der Waals surface area contributed by atoms with Crippen LogP contribution >= 0.6 is 24.8 Å². The van der Waals surface area contributed by atoms with Crippen molar-refractivity contribution >= 4 is 36.5 Å². The molecule has 0 saturated carbocycles. The molecule has 0 amide bonds. The standard InChI is InChI=1S/C21H26N2O3.2ClH/c1-25-20-11-6-5-10-19(20)23-15-13-22(14-16-23)12-7-17-26-21(24)18-8-3-2-4-9-18;;/h2-6,8-11H,7,12-17H2,1H3;2*1H. The molecule has 0 bridgehead atoms. The van der Waals surface area contributed by atoms with Gasteiger partial charge in [0.25, 0.3) is 0 Å². The minimum Gasteiger partial charge on any atom is -0.495 e. The SMILES string of the molecule is COc1ccccc1N1CCN(CCCOC(=O)c2ccccc2)CC1.Cl.Cl. The number of hydrogen-bond donors (Lipinski definition) is 0. The van der Waals surface area contributed by atoms with Crippen LogP contribution in [0.4, 0.5) is 5.69 Å². The first-order valence-corrected chi connectivity index (χ1v) is 9.10. The molecule has 0 radical (unpaired) electrons. The van der Waals surface area contributed by atoms with Gasteiger partial charge < -0.3 is 14.4 Å². The number of anilines is 1. The van der Waals surface area contributed by atoms with Crippen molar-refractivity contribution in [3.05, 3.63) is 60.2 Å². The number of benzene rings is 2. The van der Waals surface area contributed by atoms with E-state index in [1.165, 1.54) is 0 Å². The number of carbonyl (C=O) groups is 1. The van der Waals surface area contributed by atoms with Gasteiger partial charge in [0.1, 0.15) is 5.75 Å². The molecule has 28 heavy (non-hydrogen) atoms. The van der Waals surface area contributed by atoms with Crippen LogP contribution < -0.4 is 9.64 Å². The van der Waals surface area contributed by atoms with Crippen LogP contribution in [0.25, 0.3) is 0 Å². The predicted molar refractivity (Wildman–Crippen MR) is 117 cm³/mol. The molecule has 5 nitrogen and oxygen atoms in total. The molecule has 0 spiro atoms. The number of hydrogen-bond acceptors (Lipinski definition) is 5. The number of piperazine rings is 1. The monoisotopic (exact) mass is 426 g/mol. The zero-order chi connectivity index (χ0) is 18.2. The van der Waals surface area contributed by atoms with E-state index in [2.05, 4.69) is 15.9 Å². The van der Waals surface area contributed by atoms with Gasteiger partial charge in [-0.05, 0) is 30.7 Å². The summed E-state index contributed by atoms with van der Waals surface area (Å²) in [4.78, 5) is 16.7. The molecule has 1 aliphatic heterocycles. The molecule has 154 valence electrons. The van der Waals surface area contributed by atoms with E-state index < -0.39 is 0 Å². The normalized spacial score (nSPS) is 13.8. The predicted octanol–water partition coefficient (Wildman–Crippen LogP) is 3.91. The summed E-state index contributed by atoms with van der Waals surface area (Å²) >= 11 is 0. The molecule has 0 aromatic heterocycles. The third kappa shape index (κ3) is 6.59. The summed E-state index contributed by atoms with van der Waals surface area (Å²) in [5.74, 6) is 0.681. The summed E-state index contributed by atoms with van der Waals surface area (Å²) < 4.78 is 10.8. The quantitative estimate of drug-likeness (QED) is 0.495. The van der Waals surface area contributed by atoms with Crippen molar-refractivity contribution in [2.45, 2.75) is 6.42 Å². The highest BCUT2D eigenvalue weighted by Crippen LogP contribution is 2.28. The van der Waals surface area contributed by atoms with Crippen molar-refractivity contribution in [2.24, 2.45) is 0 Å². The topological polar surface area (TPSA) is 42.0 Å². The minimum atomic E-state index is -0.244. The van der Waals surface area contributed by atoms with Crippen LogP contribution in [-0.2, 0) is 4.74 Å². The summed E-state index contributed by atoms with van der Waals surface area (Å²) in [5, 5.41) is 0. The van der Waals surface area contributed by atoms with E-state index in [1.54, 1.807) is 19.2 Å². The Kier molecular flexibility index (Phi) is 10.8. The number of para-hydroxylation sites is 2. The van der Waals surface area contributed by atoms with Crippen LogP contribution in [0.5, 0.6) is 5.75 Å². The molecule has 1 heterocycles. The maximum absolute atomic E-state index is 11.9. The number of nitrogens with zero attached hydrogens (tertiary/aromatic N) is 2. The molecule has 0 aliphatic carbocycles. The Labute approximate surface area is 179 Å². The number of esters is 1. The Bertz CT molecular complexity index is 708. The summed E-state index contributed by atoms with van der Waals surface area (Å²) in [6.45, 7) is 5.37. The number of ether oxygens (including phenoxy) is 2. The third-order valence-corrected chi connectivity index (χ3v) is 4.66. The summed E-state index contributed by atoms with van der Waals surface area (Å²) in [6.07, 6.45) is 0.854. The van der Waals surface area contributed by atoms with E-state index in [4.69, 9.17) is 9.47 Å². The summed E-state index contributed by atoms with van der Waals surface area (Å²) in [6, 6.07) is 17.3.